The lowest BCUT2D eigenvalue weighted by Gasteiger charge is -2.09. The number of hydrogen-bond acceptors (Lipinski definition) is 5. The summed E-state index contributed by atoms with van der Waals surface area (Å²) in [7, 11) is -1.91. The van der Waals surface area contributed by atoms with Crippen LogP contribution in [0.2, 0.25) is 0 Å². The maximum Gasteiger partial charge on any atom is 0.262 e. The van der Waals surface area contributed by atoms with Crippen LogP contribution in [0.15, 0.2) is 52.4 Å². The predicted molar refractivity (Wildman–Crippen MR) is 82.8 cm³/mol. The van der Waals surface area contributed by atoms with Crippen LogP contribution in [0.25, 0.3) is 0 Å². The zero-order valence-electron chi connectivity index (χ0n) is 11.1. The standard InChI is InChI=1S/C13H15N3O2S2/c1-14-13-9-12(7-8-15-13)20(17,18)16-10-3-5-11(19-2)6-4-10/h3-9,16H,1-2H3,(H,14,15). The number of aromatic nitrogens is 1. The second kappa shape index (κ2) is 6.15. The molecule has 0 radical (unpaired) electrons. The second-order valence-electron chi connectivity index (χ2n) is 3.96. The Hall–Kier alpha value is -1.73. The summed E-state index contributed by atoms with van der Waals surface area (Å²) in [4.78, 5) is 5.25. The molecule has 0 fully saturated rings. The third-order valence-electron chi connectivity index (χ3n) is 2.64. The molecule has 0 unspecified atom stereocenters. The van der Waals surface area contributed by atoms with Gasteiger partial charge in [0.25, 0.3) is 10.0 Å². The van der Waals surface area contributed by atoms with Crippen molar-refractivity contribution in [3.63, 3.8) is 0 Å². The highest BCUT2D eigenvalue weighted by molar-refractivity contribution is 7.98. The quantitative estimate of drug-likeness (QED) is 0.831. The van der Waals surface area contributed by atoms with Crippen molar-refractivity contribution in [3.05, 3.63) is 42.6 Å². The summed E-state index contributed by atoms with van der Waals surface area (Å²) in [6, 6.07) is 10.2. The minimum Gasteiger partial charge on any atom is -0.373 e. The van der Waals surface area contributed by atoms with Crippen molar-refractivity contribution in [2.24, 2.45) is 0 Å². The number of sulfonamides is 1. The number of nitrogens with zero attached hydrogens (tertiary/aromatic N) is 1. The van der Waals surface area contributed by atoms with E-state index < -0.39 is 10.0 Å². The van der Waals surface area contributed by atoms with Crippen molar-refractivity contribution in [3.8, 4) is 0 Å². The topological polar surface area (TPSA) is 71.1 Å². The number of rotatable bonds is 5. The Morgan fingerprint density at radius 1 is 1.15 bits per heavy atom. The van der Waals surface area contributed by atoms with Crippen LogP contribution in [-0.4, -0.2) is 26.7 Å². The maximum absolute atomic E-state index is 12.3. The van der Waals surface area contributed by atoms with Crippen LogP contribution in [0, 0.1) is 0 Å². The average molecular weight is 309 g/mol. The summed E-state index contributed by atoms with van der Waals surface area (Å²) in [5.74, 6) is 0.505. The number of hydrogen-bond donors (Lipinski definition) is 2. The van der Waals surface area contributed by atoms with Crippen molar-refractivity contribution in [2.75, 3.05) is 23.3 Å². The van der Waals surface area contributed by atoms with Gasteiger partial charge in [0.05, 0.1) is 4.90 Å². The van der Waals surface area contributed by atoms with Crippen molar-refractivity contribution in [2.45, 2.75) is 9.79 Å². The number of thioether (sulfide) groups is 1. The largest absolute Gasteiger partial charge is 0.373 e. The first kappa shape index (κ1) is 14.7. The molecule has 1 aromatic heterocycles. The third-order valence-corrected chi connectivity index (χ3v) is 4.76. The molecule has 0 aliphatic rings. The summed E-state index contributed by atoms with van der Waals surface area (Å²) < 4.78 is 27.0. The van der Waals surface area contributed by atoms with Gasteiger partial charge in [-0.25, -0.2) is 13.4 Å². The van der Waals surface area contributed by atoms with Gasteiger partial charge in [0.1, 0.15) is 5.82 Å². The van der Waals surface area contributed by atoms with E-state index in [-0.39, 0.29) is 4.90 Å². The van der Waals surface area contributed by atoms with Gasteiger partial charge in [0.2, 0.25) is 0 Å². The monoisotopic (exact) mass is 309 g/mol. The van der Waals surface area contributed by atoms with E-state index in [2.05, 4.69) is 15.0 Å². The first-order valence-corrected chi connectivity index (χ1v) is 8.56. The van der Waals surface area contributed by atoms with E-state index >= 15 is 0 Å². The minimum absolute atomic E-state index is 0.172. The van der Waals surface area contributed by atoms with Crippen LogP contribution < -0.4 is 10.0 Å². The smallest absolute Gasteiger partial charge is 0.262 e. The molecule has 2 N–H and O–H groups in total. The van der Waals surface area contributed by atoms with E-state index in [1.807, 2.05) is 18.4 Å². The van der Waals surface area contributed by atoms with Gasteiger partial charge in [0, 0.05) is 29.9 Å². The second-order valence-corrected chi connectivity index (χ2v) is 6.52. The van der Waals surface area contributed by atoms with E-state index in [0.29, 0.717) is 11.5 Å². The molecule has 0 amide bonds. The molecular weight excluding hydrogens is 294 g/mol. The maximum atomic E-state index is 12.3. The van der Waals surface area contributed by atoms with Gasteiger partial charge in [-0.15, -0.1) is 11.8 Å². The lowest BCUT2D eigenvalue weighted by Crippen LogP contribution is -2.13. The van der Waals surface area contributed by atoms with E-state index in [1.165, 1.54) is 18.3 Å². The first-order chi connectivity index (χ1) is 9.55. The summed E-state index contributed by atoms with van der Waals surface area (Å²) in [6.45, 7) is 0. The van der Waals surface area contributed by atoms with Crippen LogP contribution in [-0.2, 0) is 10.0 Å². The highest BCUT2D eigenvalue weighted by atomic mass is 32.2. The summed E-state index contributed by atoms with van der Waals surface area (Å²) in [6.07, 6.45) is 3.42. The van der Waals surface area contributed by atoms with Gasteiger partial charge in [-0.05, 0) is 36.6 Å². The van der Waals surface area contributed by atoms with Crippen LogP contribution in [0.1, 0.15) is 0 Å². The first-order valence-electron chi connectivity index (χ1n) is 5.86. The highest BCUT2D eigenvalue weighted by Gasteiger charge is 2.14. The third kappa shape index (κ3) is 3.43. The van der Waals surface area contributed by atoms with Crippen molar-refractivity contribution >= 4 is 33.3 Å². The average Bonchev–Trinajstić information content (AvgIpc) is 2.48. The zero-order valence-corrected chi connectivity index (χ0v) is 12.8. The number of anilines is 2. The number of nitrogens with one attached hydrogen (secondary N) is 2. The van der Waals surface area contributed by atoms with Gasteiger partial charge in [-0.2, -0.15) is 0 Å². The molecule has 0 bridgehead atoms. The van der Waals surface area contributed by atoms with Crippen molar-refractivity contribution < 1.29 is 8.42 Å². The molecule has 5 nitrogen and oxygen atoms in total. The zero-order chi connectivity index (χ0) is 14.6. The summed E-state index contributed by atoms with van der Waals surface area (Å²) >= 11 is 1.60. The SMILES string of the molecule is CNc1cc(S(=O)(=O)Nc2ccc(SC)cc2)ccn1. The molecule has 0 spiro atoms. The van der Waals surface area contributed by atoms with Gasteiger partial charge in [-0.1, -0.05) is 0 Å². The highest BCUT2D eigenvalue weighted by Crippen LogP contribution is 2.21. The van der Waals surface area contributed by atoms with Crippen LogP contribution in [0.5, 0.6) is 0 Å². The predicted octanol–water partition coefficient (Wildman–Crippen LogP) is 2.65. The molecule has 0 aliphatic heterocycles. The Kier molecular flexibility index (Phi) is 4.51. The Labute approximate surface area is 122 Å². The molecule has 0 aliphatic carbocycles. The molecule has 2 rings (SSSR count). The fourth-order valence-electron chi connectivity index (χ4n) is 1.59. The number of pyridine rings is 1. The van der Waals surface area contributed by atoms with Gasteiger partial charge in [-0.3, -0.25) is 4.72 Å². The molecule has 0 saturated carbocycles. The van der Waals surface area contributed by atoms with E-state index in [4.69, 9.17) is 0 Å². The van der Waals surface area contributed by atoms with Crippen LogP contribution in [0.3, 0.4) is 0 Å². The summed E-state index contributed by atoms with van der Waals surface area (Å²) in [5.41, 5.74) is 0.533. The Morgan fingerprint density at radius 2 is 1.85 bits per heavy atom. The van der Waals surface area contributed by atoms with E-state index in [9.17, 15) is 8.42 Å². The van der Waals surface area contributed by atoms with Gasteiger partial charge < -0.3 is 5.32 Å². The van der Waals surface area contributed by atoms with E-state index in [0.717, 1.165) is 4.90 Å². The molecule has 106 valence electrons. The minimum atomic E-state index is -3.60. The Bertz CT molecular complexity index is 685. The molecule has 1 heterocycles. The van der Waals surface area contributed by atoms with E-state index in [1.54, 1.807) is 30.9 Å². The van der Waals surface area contributed by atoms with Crippen molar-refractivity contribution in [1.29, 1.82) is 0 Å². The fourth-order valence-corrected chi connectivity index (χ4v) is 3.07. The van der Waals surface area contributed by atoms with Gasteiger partial charge in [0.15, 0.2) is 0 Å². The number of benzene rings is 1. The van der Waals surface area contributed by atoms with Crippen molar-refractivity contribution in [1.82, 2.24) is 4.98 Å². The molecule has 1 aromatic carbocycles. The van der Waals surface area contributed by atoms with Crippen LogP contribution in [0.4, 0.5) is 11.5 Å². The van der Waals surface area contributed by atoms with Gasteiger partial charge >= 0.3 is 0 Å². The lowest BCUT2D eigenvalue weighted by molar-refractivity contribution is 0.601. The molecule has 0 atom stereocenters. The summed E-state index contributed by atoms with van der Waals surface area (Å²) in [5, 5.41) is 2.81. The molecule has 2 aromatic rings. The lowest BCUT2D eigenvalue weighted by atomic mass is 10.3. The van der Waals surface area contributed by atoms with Crippen LogP contribution >= 0.6 is 11.8 Å². The molecule has 0 saturated heterocycles. The molecular formula is C13H15N3O2S2. The fraction of sp³-hybridized carbons (Fsp3) is 0.154. The Balaban J connectivity index is 2.25. The normalized spacial score (nSPS) is 11.1. The molecule has 7 heteroatoms. The Morgan fingerprint density at radius 3 is 2.45 bits per heavy atom. The molecule has 20 heavy (non-hydrogen) atoms.